The number of likely N-dealkylation sites (N-methyl/N-ethyl adjacent to an activating group) is 1. The van der Waals surface area contributed by atoms with Crippen LogP contribution in [0.4, 0.5) is 0 Å². The molecule has 1 aliphatic rings. The molecule has 0 aromatic rings. The summed E-state index contributed by atoms with van der Waals surface area (Å²) in [5.74, 6) is -0.0229. The van der Waals surface area contributed by atoms with Gasteiger partial charge in [0.15, 0.2) is 0 Å². The van der Waals surface area contributed by atoms with E-state index in [1.807, 2.05) is 20.8 Å². The molecule has 0 saturated heterocycles. The largest absolute Gasteiger partial charge is 0.394 e. The molecule has 3 N–H and O–H groups in total. The topological polar surface area (TPSA) is 61.4 Å². The molecule has 1 aliphatic carbocycles. The quantitative estimate of drug-likeness (QED) is 0.652. The zero-order chi connectivity index (χ0) is 12.2. The first-order valence-corrected chi connectivity index (χ1v) is 6.14. The van der Waals surface area contributed by atoms with E-state index in [1.165, 1.54) is 0 Å². The normalized spacial score (nSPS) is 19.8. The molecule has 0 atom stereocenters. The molecule has 0 aromatic heterocycles. The maximum Gasteiger partial charge on any atom is 0.240 e. The predicted octanol–water partition coefficient (Wildman–Crippen LogP) is 0.796. The van der Waals surface area contributed by atoms with Crippen molar-refractivity contribution in [1.29, 1.82) is 0 Å². The second-order valence-electron chi connectivity index (χ2n) is 5.26. The van der Waals surface area contributed by atoms with Gasteiger partial charge in [0.25, 0.3) is 0 Å². The molecule has 0 bridgehead atoms. The van der Waals surface area contributed by atoms with E-state index in [0.717, 1.165) is 32.2 Å². The highest BCUT2D eigenvalue weighted by Gasteiger charge is 2.38. The first kappa shape index (κ1) is 13.5. The average molecular weight is 228 g/mol. The van der Waals surface area contributed by atoms with Crippen molar-refractivity contribution in [3.05, 3.63) is 0 Å². The van der Waals surface area contributed by atoms with Crippen molar-refractivity contribution in [3.63, 3.8) is 0 Å². The van der Waals surface area contributed by atoms with Crippen LogP contribution in [0.1, 0.15) is 46.5 Å². The van der Waals surface area contributed by atoms with Gasteiger partial charge in [-0.3, -0.25) is 4.79 Å². The van der Waals surface area contributed by atoms with Crippen molar-refractivity contribution in [2.75, 3.05) is 13.2 Å². The number of aliphatic hydroxyl groups excluding tert-OH is 1. The Morgan fingerprint density at radius 2 is 1.94 bits per heavy atom. The highest BCUT2D eigenvalue weighted by Crippen LogP contribution is 2.29. The number of nitrogens with one attached hydrogen (secondary N) is 2. The van der Waals surface area contributed by atoms with E-state index >= 15 is 0 Å². The lowest BCUT2D eigenvalue weighted by molar-refractivity contribution is -0.129. The second-order valence-corrected chi connectivity index (χ2v) is 5.26. The maximum atomic E-state index is 12.1. The van der Waals surface area contributed by atoms with Gasteiger partial charge in [-0.25, -0.2) is 0 Å². The van der Waals surface area contributed by atoms with Gasteiger partial charge in [0, 0.05) is 0 Å². The van der Waals surface area contributed by atoms with Crippen LogP contribution < -0.4 is 10.6 Å². The van der Waals surface area contributed by atoms with Crippen LogP contribution in [0.2, 0.25) is 0 Å². The van der Waals surface area contributed by atoms with E-state index in [2.05, 4.69) is 10.6 Å². The van der Waals surface area contributed by atoms with E-state index < -0.39 is 5.54 Å². The molecule has 1 rings (SSSR count). The third kappa shape index (κ3) is 2.95. The Labute approximate surface area is 97.8 Å². The molecule has 0 heterocycles. The summed E-state index contributed by atoms with van der Waals surface area (Å²) < 4.78 is 0. The summed E-state index contributed by atoms with van der Waals surface area (Å²) in [7, 11) is 0. The van der Waals surface area contributed by atoms with Crippen molar-refractivity contribution < 1.29 is 9.90 Å². The minimum Gasteiger partial charge on any atom is -0.394 e. The van der Waals surface area contributed by atoms with Crippen LogP contribution in [0.3, 0.4) is 0 Å². The molecule has 4 heteroatoms. The second kappa shape index (κ2) is 5.15. The van der Waals surface area contributed by atoms with Crippen LogP contribution in [0, 0.1) is 0 Å². The number of hydrogen-bond donors (Lipinski definition) is 3. The zero-order valence-corrected chi connectivity index (χ0v) is 10.6. The van der Waals surface area contributed by atoms with Crippen LogP contribution in [0.25, 0.3) is 0 Å². The standard InChI is InChI=1S/C12H24N2O2/c1-4-13-11(2,3)10(16)14-12(9-15)7-5-6-8-12/h13,15H,4-9H2,1-3H3,(H,14,16). The summed E-state index contributed by atoms with van der Waals surface area (Å²) in [4.78, 5) is 12.1. The monoisotopic (exact) mass is 228 g/mol. The summed E-state index contributed by atoms with van der Waals surface area (Å²) in [6.07, 6.45) is 3.94. The minimum atomic E-state index is -0.570. The Balaban J connectivity index is 2.61. The summed E-state index contributed by atoms with van der Waals surface area (Å²) >= 11 is 0. The molecule has 0 aliphatic heterocycles. The van der Waals surface area contributed by atoms with E-state index in [-0.39, 0.29) is 18.1 Å². The van der Waals surface area contributed by atoms with Gasteiger partial charge < -0.3 is 15.7 Å². The van der Waals surface area contributed by atoms with Gasteiger partial charge in [-0.2, -0.15) is 0 Å². The summed E-state index contributed by atoms with van der Waals surface area (Å²) in [6.45, 7) is 6.51. The lowest BCUT2D eigenvalue weighted by Gasteiger charge is -2.33. The number of aliphatic hydroxyl groups is 1. The molecule has 0 radical (unpaired) electrons. The number of carbonyl (C=O) groups excluding carboxylic acids is 1. The molecule has 0 unspecified atom stereocenters. The number of carbonyl (C=O) groups is 1. The van der Waals surface area contributed by atoms with Crippen molar-refractivity contribution in [2.45, 2.75) is 57.5 Å². The van der Waals surface area contributed by atoms with Crippen LogP contribution in [-0.4, -0.2) is 35.2 Å². The molecule has 94 valence electrons. The van der Waals surface area contributed by atoms with Crippen LogP contribution >= 0.6 is 0 Å². The maximum absolute atomic E-state index is 12.1. The van der Waals surface area contributed by atoms with Gasteiger partial charge >= 0.3 is 0 Å². The van der Waals surface area contributed by atoms with Gasteiger partial charge in [0.05, 0.1) is 17.7 Å². The van der Waals surface area contributed by atoms with Crippen molar-refractivity contribution in [3.8, 4) is 0 Å². The fourth-order valence-electron chi connectivity index (χ4n) is 2.29. The van der Waals surface area contributed by atoms with Crippen LogP contribution in [0.15, 0.2) is 0 Å². The van der Waals surface area contributed by atoms with Crippen LogP contribution in [0.5, 0.6) is 0 Å². The first-order valence-electron chi connectivity index (χ1n) is 6.14. The first-order chi connectivity index (χ1) is 7.46. The molecule has 16 heavy (non-hydrogen) atoms. The van der Waals surface area contributed by atoms with E-state index in [9.17, 15) is 9.90 Å². The highest BCUT2D eigenvalue weighted by atomic mass is 16.3. The molecule has 0 aromatic carbocycles. The lowest BCUT2D eigenvalue weighted by Crippen LogP contribution is -2.59. The zero-order valence-electron chi connectivity index (χ0n) is 10.6. The summed E-state index contributed by atoms with van der Waals surface area (Å²) in [6, 6.07) is 0. The fourth-order valence-corrected chi connectivity index (χ4v) is 2.29. The third-order valence-electron chi connectivity index (χ3n) is 3.43. The Morgan fingerprint density at radius 3 is 2.38 bits per heavy atom. The Kier molecular flexibility index (Phi) is 4.33. The molecule has 0 spiro atoms. The minimum absolute atomic E-state index is 0.0229. The van der Waals surface area contributed by atoms with E-state index in [1.54, 1.807) is 0 Å². The molecule has 1 fully saturated rings. The van der Waals surface area contributed by atoms with Gasteiger partial charge in [0.1, 0.15) is 0 Å². The predicted molar refractivity (Wildman–Crippen MR) is 64.2 cm³/mol. The van der Waals surface area contributed by atoms with Gasteiger partial charge in [0.2, 0.25) is 5.91 Å². The molecule has 1 saturated carbocycles. The Bertz CT molecular complexity index is 245. The fraction of sp³-hybridized carbons (Fsp3) is 0.917. The Morgan fingerprint density at radius 1 is 1.38 bits per heavy atom. The third-order valence-corrected chi connectivity index (χ3v) is 3.43. The Hall–Kier alpha value is -0.610. The summed E-state index contributed by atoms with van der Waals surface area (Å²) in [5.41, 5.74) is -0.941. The number of amides is 1. The average Bonchev–Trinajstić information content (AvgIpc) is 2.67. The van der Waals surface area contributed by atoms with Crippen molar-refractivity contribution in [1.82, 2.24) is 10.6 Å². The number of rotatable bonds is 5. The highest BCUT2D eigenvalue weighted by molar-refractivity contribution is 5.86. The van der Waals surface area contributed by atoms with Gasteiger partial charge in [-0.1, -0.05) is 19.8 Å². The smallest absolute Gasteiger partial charge is 0.240 e. The van der Waals surface area contributed by atoms with Crippen LogP contribution in [-0.2, 0) is 4.79 Å². The molecular weight excluding hydrogens is 204 g/mol. The van der Waals surface area contributed by atoms with Gasteiger partial charge in [-0.05, 0) is 33.2 Å². The molecule has 1 amide bonds. The molecule has 4 nitrogen and oxygen atoms in total. The SMILES string of the molecule is CCNC(C)(C)C(=O)NC1(CO)CCCC1. The van der Waals surface area contributed by atoms with Crippen molar-refractivity contribution >= 4 is 5.91 Å². The molecular formula is C12H24N2O2. The van der Waals surface area contributed by atoms with E-state index in [0.29, 0.717) is 0 Å². The lowest BCUT2D eigenvalue weighted by atomic mass is 9.95. The van der Waals surface area contributed by atoms with E-state index in [4.69, 9.17) is 0 Å². The number of hydrogen-bond acceptors (Lipinski definition) is 3. The summed E-state index contributed by atoms with van der Waals surface area (Å²) in [5, 5.41) is 15.6. The van der Waals surface area contributed by atoms with Crippen molar-refractivity contribution in [2.24, 2.45) is 0 Å². The van der Waals surface area contributed by atoms with Gasteiger partial charge in [-0.15, -0.1) is 0 Å².